The summed E-state index contributed by atoms with van der Waals surface area (Å²) in [5.74, 6) is 0.478. The van der Waals surface area contributed by atoms with Crippen molar-refractivity contribution >= 4 is 20.9 Å². The molecule has 0 aliphatic rings. The Morgan fingerprint density at radius 3 is 2.63 bits per heavy atom. The molecule has 0 aliphatic carbocycles. The normalized spacial score (nSPS) is 11.6. The van der Waals surface area contributed by atoms with Crippen LogP contribution < -0.4 is 15.0 Å². The van der Waals surface area contributed by atoms with Crippen LogP contribution in [-0.2, 0) is 16.6 Å². The Labute approximate surface area is 157 Å². The van der Waals surface area contributed by atoms with Gasteiger partial charge in [-0.25, -0.2) is 18.1 Å². The van der Waals surface area contributed by atoms with Crippen molar-refractivity contribution in [3.05, 3.63) is 70.8 Å². The molecule has 3 rings (SSSR count). The van der Waals surface area contributed by atoms with Crippen molar-refractivity contribution in [3.8, 4) is 5.75 Å². The Hall–Kier alpha value is -2.71. The Kier molecular flexibility index (Phi) is 5.88. The van der Waals surface area contributed by atoms with Crippen molar-refractivity contribution < 1.29 is 13.2 Å². The second-order valence-corrected chi connectivity index (χ2v) is 8.06. The van der Waals surface area contributed by atoms with E-state index in [1.807, 2.05) is 31.2 Å². The molecule has 2 aromatic carbocycles. The van der Waals surface area contributed by atoms with Gasteiger partial charge in [-0.05, 0) is 31.2 Å². The summed E-state index contributed by atoms with van der Waals surface area (Å²) in [5, 5.41) is 0.469. The highest BCUT2D eigenvalue weighted by molar-refractivity contribution is 7.89. The van der Waals surface area contributed by atoms with Crippen LogP contribution >= 0.6 is 0 Å². The molecule has 0 saturated heterocycles. The highest BCUT2D eigenvalue weighted by Gasteiger charge is 2.11. The van der Waals surface area contributed by atoms with E-state index < -0.39 is 10.0 Å². The number of aryl methyl sites for hydroxylation is 2. The van der Waals surface area contributed by atoms with E-state index in [0.29, 0.717) is 16.7 Å². The van der Waals surface area contributed by atoms with Gasteiger partial charge in [-0.15, -0.1) is 0 Å². The number of benzene rings is 2. The number of hydrogen-bond donors (Lipinski definition) is 1. The minimum absolute atomic E-state index is 0.0326. The van der Waals surface area contributed by atoms with Gasteiger partial charge in [-0.2, -0.15) is 0 Å². The van der Waals surface area contributed by atoms with E-state index in [-0.39, 0.29) is 31.0 Å². The molecular formula is C19H21N3O4S. The van der Waals surface area contributed by atoms with Crippen molar-refractivity contribution in [2.45, 2.75) is 13.5 Å². The molecule has 27 heavy (non-hydrogen) atoms. The zero-order valence-corrected chi connectivity index (χ0v) is 15.8. The maximum absolute atomic E-state index is 12.4. The van der Waals surface area contributed by atoms with Crippen LogP contribution in [0.2, 0.25) is 0 Å². The van der Waals surface area contributed by atoms with Gasteiger partial charge >= 0.3 is 0 Å². The molecule has 0 unspecified atom stereocenters. The molecule has 0 fully saturated rings. The first-order valence-electron chi connectivity index (χ1n) is 8.56. The third-order valence-electron chi connectivity index (χ3n) is 4.05. The molecular weight excluding hydrogens is 366 g/mol. The van der Waals surface area contributed by atoms with Crippen LogP contribution in [0.1, 0.15) is 5.56 Å². The summed E-state index contributed by atoms with van der Waals surface area (Å²) in [5.41, 5.74) is 1.47. The Bertz CT molecular complexity index is 1080. The van der Waals surface area contributed by atoms with Gasteiger partial charge in [0.05, 0.1) is 23.0 Å². The first kappa shape index (κ1) is 19.1. The molecule has 1 aromatic heterocycles. The maximum Gasteiger partial charge on any atom is 0.261 e. The first-order chi connectivity index (χ1) is 12.9. The molecule has 0 aliphatic heterocycles. The largest absolute Gasteiger partial charge is 0.492 e. The van der Waals surface area contributed by atoms with Gasteiger partial charge in [0, 0.05) is 13.1 Å². The predicted octanol–water partition coefficient (Wildman–Crippen LogP) is 1.70. The predicted molar refractivity (Wildman–Crippen MR) is 104 cm³/mol. The van der Waals surface area contributed by atoms with Crippen molar-refractivity contribution in [3.63, 3.8) is 0 Å². The molecule has 0 spiro atoms. The lowest BCUT2D eigenvalue weighted by Crippen LogP contribution is -2.33. The standard InChI is InChI=1S/C19H21N3O4S/c1-15-6-8-16(9-7-15)26-12-10-21-27(24,25)13-11-22-14-20-18-5-3-2-4-17(18)19(22)23/h2-9,14,21H,10-13H2,1H3. The summed E-state index contributed by atoms with van der Waals surface area (Å²) in [6, 6.07) is 14.5. The van der Waals surface area contributed by atoms with Crippen LogP contribution in [0.15, 0.2) is 59.7 Å². The van der Waals surface area contributed by atoms with Crippen LogP contribution in [0.5, 0.6) is 5.75 Å². The van der Waals surface area contributed by atoms with Crippen LogP contribution in [0.25, 0.3) is 10.9 Å². The minimum Gasteiger partial charge on any atom is -0.492 e. The van der Waals surface area contributed by atoms with E-state index in [4.69, 9.17) is 4.74 Å². The molecule has 0 saturated carbocycles. The molecule has 7 nitrogen and oxygen atoms in total. The SMILES string of the molecule is Cc1ccc(OCCNS(=O)(=O)CCn2cnc3ccccc3c2=O)cc1. The third-order valence-corrected chi connectivity index (χ3v) is 5.41. The van der Waals surface area contributed by atoms with E-state index in [1.54, 1.807) is 24.3 Å². The van der Waals surface area contributed by atoms with Gasteiger partial charge in [0.2, 0.25) is 10.0 Å². The number of sulfonamides is 1. The van der Waals surface area contributed by atoms with E-state index in [0.717, 1.165) is 5.56 Å². The van der Waals surface area contributed by atoms with E-state index >= 15 is 0 Å². The van der Waals surface area contributed by atoms with Crippen LogP contribution in [0, 0.1) is 6.92 Å². The first-order valence-corrected chi connectivity index (χ1v) is 10.2. The van der Waals surface area contributed by atoms with Crippen molar-refractivity contribution in [1.29, 1.82) is 0 Å². The van der Waals surface area contributed by atoms with Crippen LogP contribution in [0.3, 0.4) is 0 Å². The lowest BCUT2D eigenvalue weighted by molar-refractivity contribution is 0.322. The lowest BCUT2D eigenvalue weighted by atomic mass is 10.2. The van der Waals surface area contributed by atoms with Gasteiger partial charge in [0.15, 0.2) is 0 Å². The number of ether oxygens (including phenoxy) is 1. The lowest BCUT2D eigenvalue weighted by Gasteiger charge is -2.10. The maximum atomic E-state index is 12.4. The number of fused-ring (bicyclic) bond motifs is 1. The van der Waals surface area contributed by atoms with Crippen LogP contribution in [0.4, 0.5) is 0 Å². The molecule has 8 heteroatoms. The fraction of sp³-hybridized carbons (Fsp3) is 0.263. The summed E-state index contributed by atoms with van der Waals surface area (Å²) >= 11 is 0. The number of hydrogen-bond acceptors (Lipinski definition) is 5. The van der Waals surface area contributed by atoms with Gasteiger partial charge in [0.1, 0.15) is 12.4 Å². The van der Waals surface area contributed by atoms with E-state index in [9.17, 15) is 13.2 Å². The van der Waals surface area contributed by atoms with Crippen molar-refractivity contribution in [2.24, 2.45) is 0 Å². The highest BCUT2D eigenvalue weighted by Crippen LogP contribution is 2.10. The third kappa shape index (κ3) is 5.15. The number of rotatable bonds is 8. The fourth-order valence-electron chi connectivity index (χ4n) is 2.56. The highest BCUT2D eigenvalue weighted by atomic mass is 32.2. The van der Waals surface area contributed by atoms with Crippen molar-refractivity contribution in [2.75, 3.05) is 18.9 Å². The molecule has 1 N–H and O–H groups in total. The van der Waals surface area contributed by atoms with Crippen molar-refractivity contribution in [1.82, 2.24) is 14.3 Å². The van der Waals surface area contributed by atoms with E-state index in [2.05, 4.69) is 9.71 Å². The monoisotopic (exact) mass is 387 g/mol. The molecule has 0 amide bonds. The summed E-state index contributed by atoms with van der Waals surface area (Å²) in [7, 11) is -3.53. The number of aromatic nitrogens is 2. The number of nitrogens with one attached hydrogen (secondary N) is 1. The molecule has 3 aromatic rings. The molecule has 0 radical (unpaired) electrons. The average Bonchev–Trinajstić information content (AvgIpc) is 2.66. The Morgan fingerprint density at radius 1 is 1.11 bits per heavy atom. The fourth-order valence-corrected chi connectivity index (χ4v) is 3.53. The summed E-state index contributed by atoms with van der Waals surface area (Å²) in [6.07, 6.45) is 1.38. The number of nitrogens with zero attached hydrogens (tertiary/aromatic N) is 2. The minimum atomic E-state index is -3.53. The zero-order chi connectivity index (χ0) is 19.3. The van der Waals surface area contributed by atoms with Gasteiger partial charge in [-0.3, -0.25) is 9.36 Å². The molecule has 1 heterocycles. The van der Waals surface area contributed by atoms with E-state index in [1.165, 1.54) is 10.9 Å². The summed E-state index contributed by atoms with van der Waals surface area (Å²) in [4.78, 5) is 16.6. The zero-order valence-electron chi connectivity index (χ0n) is 15.0. The Morgan fingerprint density at radius 2 is 1.85 bits per heavy atom. The second-order valence-electron chi connectivity index (χ2n) is 6.13. The van der Waals surface area contributed by atoms with Crippen LogP contribution in [-0.4, -0.2) is 36.9 Å². The summed E-state index contributed by atoms with van der Waals surface area (Å²) in [6.45, 7) is 2.39. The van der Waals surface area contributed by atoms with Gasteiger partial charge in [0.25, 0.3) is 5.56 Å². The number of para-hydroxylation sites is 1. The Balaban J connectivity index is 1.52. The second kappa shape index (κ2) is 8.32. The smallest absolute Gasteiger partial charge is 0.261 e. The average molecular weight is 387 g/mol. The topological polar surface area (TPSA) is 90.3 Å². The molecule has 142 valence electrons. The van der Waals surface area contributed by atoms with Gasteiger partial charge in [-0.1, -0.05) is 29.8 Å². The summed E-state index contributed by atoms with van der Waals surface area (Å²) < 4.78 is 33.5. The molecule has 0 atom stereocenters. The molecule has 0 bridgehead atoms. The van der Waals surface area contributed by atoms with Gasteiger partial charge < -0.3 is 4.74 Å². The quantitative estimate of drug-likeness (QED) is 0.594.